The van der Waals surface area contributed by atoms with E-state index in [1.165, 1.54) is 6.34 Å². The molecule has 8 heavy (non-hydrogen) atoms. The van der Waals surface area contributed by atoms with Gasteiger partial charge in [-0.2, -0.15) is 0 Å². The van der Waals surface area contributed by atoms with Crippen molar-refractivity contribution in [1.29, 1.82) is 0 Å². The van der Waals surface area contributed by atoms with Crippen molar-refractivity contribution < 1.29 is 0 Å². The molecule has 0 aliphatic rings. The zero-order valence-corrected chi connectivity index (χ0v) is 4.80. The SMILES string of the molecule is C=C(CCN)N=CN. The molecule has 0 spiro atoms. The summed E-state index contributed by atoms with van der Waals surface area (Å²) in [6, 6.07) is 0. The van der Waals surface area contributed by atoms with Gasteiger partial charge in [0.05, 0.1) is 6.34 Å². The average molecular weight is 113 g/mol. The summed E-state index contributed by atoms with van der Waals surface area (Å²) in [6.07, 6.45) is 1.94. The Morgan fingerprint density at radius 1 is 1.75 bits per heavy atom. The minimum atomic E-state index is 0.580. The van der Waals surface area contributed by atoms with E-state index >= 15 is 0 Å². The largest absolute Gasteiger partial charge is 0.390 e. The minimum Gasteiger partial charge on any atom is -0.390 e. The molecule has 0 aliphatic carbocycles. The molecule has 0 saturated carbocycles. The second-order valence-electron chi connectivity index (χ2n) is 1.38. The molecule has 0 rings (SSSR count). The van der Waals surface area contributed by atoms with Gasteiger partial charge >= 0.3 is 0 Å². The van der Waals surface area contributed by atoms with Crippen molar-refractivity contribution in [2.45, 2.75) is 6.42 Å². The van der Waals surface area contributed by atoms with Gasteiger partial charge in [0.15, 0.2) is 0 Å². The van der Waals surface area contributed by atoms with Crippen LogP contribution in [0.1, 0.15) is 6.42 Å². The molecule has 0 atom stereocenters. The first kappa shape index (κ1) is 7.17. The fraction of sp³-hybridized carbons (Fsp3) is 0.400. The topological polar surface area (TPSA) is 64.4 Å². The van der Waals surface area contributed by atoms with Crippen LogP contribution in [0.3, 0.4) is 0 Å². The van der Waals surface area contributed by atoms with Crippen LogP contribution >= 0.6 is 0 Å². The summed E-state index contributed by atoms with van der Waals surface area (Å²) in [4.78, 5) is 3.69. The normalized spacial score (nSPS) is 10.1. The van der Waals surface area contributed by atoms with E-state index in [9.17, 15) is 0 Å². The molecule has 3 heteroatoms. The van der Waals surface area contributed by atoms with Crippen molar-refractivity contribution in [3.63, 3.8) is 0 Å². The molecule has 0 aliphatic heterocycles. The lowest BCUT2D eigenvalue weighted by molar-refractivity contribution is 0.942. The first-order valence-electron chi connectivity index (χ1n) is 2.43. The quantitative estimate of drug-likeness (QED) is 0.394. The number of nitrogens with zero attached hydrogens (tertiary/aromatic N) is 1. The van der Waals surface area contributed by atoms with Gasteiger partial charge in [-0.15, -0.1) is 0 Å². The predicted molar refractivity (Wildman–Crippen MR) is 35.5 cm³/mol. The van der Waals surface area contributed by atoms with Gasteiger partial charge in [0.1, 0.15) is 0 Å². The van der Waals surface area contributed by atoms with Crippen LogP contribution in [0.4, 0.5) is 0 Å². The van der Waals surface area contributed by atoms with Crippen molar-refractivity contribution in [3.05, 3.63) is 12.3 Å². The van der Waals surface area contributed by atoms with Gasteiger partial charge in [0.25, 0.3) is 0 Å². The van der Waals surface area contributed by atoms with Gasteiger partial charge in [-0.1, -0.05) is 6.58 Å². The number of hydrogen-bond donors (Lipinski definition) is 2. The van der Waals surface area contributed by atoms with Gasteiger partial charge in [-0.3, -0.25) is 0 Å². The molecule has 46 valence electrons. The van der Waals surface area contributed by atoms with Gasteiger partial charge in [-0.25, -0.2) is 4.99 Å². The molecular weight excluding hydrogens is 102 g/mol. The number of nitrogens with two attached hydrogens (primary N) is 2. The lowest BCUT2D eigenvalue weighted by Crippen LogP contribution is -1.99. The standard InChI is InChI=1S/C5H11N3/c1-5(2-3-6)8-4-7/h4H,1-3,6H2,(H2,7,8). The molecule has 0 saturated heterocycles. The molecule has 0 aromatic heterocycles. The number of hydrogen-bond acceptors (Lipinski definition) is 2. The highest BCUT2D eigenvalue weighted by atomic mass is 14.8. The Balaban J connectivity index is 3.33. The van der Waals surface area contributed by atoms with E-state index in [-0.39, 0.29) is 0 Å². The summed E-state index contributed by atoms with van der Waals surface area (Å²) >= 11 is 0. The Kier molecular flexibility index (Phi) is 3.88. The van der Waals surface area contributed by atoms with Gasteiger partial charge in [0, 0.05) is 12.1 Å². The molecule has 0 bridgehead atoms. The van der Waals surface area contributed by atoms with Crippen LogP contribution < -0.4 is 11.5 Å². The summed E-state index contributed by atoms with van der Waals surface area (Å²) in [5.74, 6) is 0. The van der Waals surface area contributed by atoms with E-state index in [0.29, 0.717) is 13.0 Å². The lowest BCUT2D eigenvalue weighted by Gasteiger charge is -1.91. The summed E-state index contributed by atoms with van der Waals surface area (Å²) in [6.45, 7) is 4.16. The lowest BCUT2D eigenvalue weighted by atomic mass is 10.3. The van der Waals surface area contributed by atoms with Crippen molar-refractivity contribution in [1.82, 2.24) is 0 Å². The average Bonchev–Trinajstić information content (AvgIpc) is 1.68. The zero-order valence-electron chi connectivity index (χ0n) is 4.80. The Morgan fingerprint density at radius 3 is 2.75 bits per heavy atom. The maximum atomic E-state index is 5.18. The van der Waals surface area contributed by atoms with Crippen LogP contribution in [0.2, 0.25) is 0 Å². The molecule has 0 aromatic carbocycles. The van der Waals surface area contributed by atoms with E-state index in [0.717, 1.165) is 5.70 Å². The van der Waals surface area contributed by atoms with Gasteiger partial charge in [-0.05, 0) is 6.54 Å². The third-order valence-electron chi connectivity index (χ3n) is 0.690. The van der Waals surface area contributed by atoms with E-state index in [4.69, 9.17) is 11.5 Å². The highest BCUT2D eigenvalue weighted by molar-refractivity contribution is 5.53. The highest BCUT2D eigenvalue weighted by Crippen LogP contribution is 1.93. The molecule has 0 heterocycles. The van der Waals surface area contributed by atoms with Crippen molar-refractivity contribution in [3.8, 4) is 0 Å². The van der Waals surface area contributed by atoms with Crippen molar-refractivity contribution in [2.24, 2.45) is 16.5 Å². The summed E-state index contributed by atoms with van der Waals surface area (Å²) in [5.41, 5.74) is 10.9. The van der Waals surface area contributed by atoms with Gasteiger partial charge < -0.3 is 11.5 Å². The van der Waals surface area contributed by atoms with Crippen LogP contribution in [0.5, 0.6) is 0 Å². The zero-order chi connectivity index (χ0) is 6.41. The Hall–Kier alpha value is -0.830. The van der Waals surface area contributed by atoms with Crippen molar-refractivity contribution in [2.75, 3.05) is 6.54 Å². The first-order chi connectivity index (χ1) is 3.81. The Labute approximate surface area is 49.1 Å². The Morgan fingerprint density at radius 2 is 2.38 bits per heavy atom. The third kappa shape index (κ3) is 3.36. The van der Waals surface area contributed by atoms with Crippen molar-refractivity contribution >= 4 is 6.34 Å². The van der Waals surface area contributed by atoms with Crippen LogP contribution in [0.15, 0.2) is 17.3 Å². The van der Waals surface area contributed by atoms with Crippen LogP contribution in [0, 0.1) is 0 Å². The van der Waals surface area contributed by atoms with E-state index < -0.39 is 0 Å². The van der Waals surface area contributed by atoms with E-state index in [1.54, 1.807) is 0 Å². The summed E-state index contributed by atoms with van der Waals surface area (Å²) in [5, 5.41) is 0. The maximum Gasteiger partial charge on any atom is 0.0855 e. The summed E-state index contributed by atoms with van der Waals surface area (Å²) in [7, 11) is 0. The van der Waals surface area contributed by atoms with E-state index in [1.807, 2.05) is 0 Å². The summed E-state index contributed by atoms with van der Waals surface area (Å²) < 4.78 is 0. The predicted octanol–water partition coefficient (Wildman–Crippen LogP) is -0.164. The smallest absolute Gasteiger partial charge is 0.0855 e. The molecule has 0 unspecified atom stereocenters. The minimum absolute atomic E-state index is 0.580. The van der Waals surface area contributed by atoms with Crippen LogP contribution in [-0.4, -0.2) is 12.9 Å². The molecule has 3 nitrogen and oxygen atoms in total. The Bertz CT molecular complexity index is 95.8. The first-order valence-corrected chi connectivity index (χ1v) is 2.43. The second kappa shape index (κ2) is 4.33. The molecule has 0 aromatic rings. The molecule has 0 radical (unpaired) electrons. The monoisotopic (exact) mass is 113 g/mol. The molecule has 0 amide bonds. The molecule has 4 N–H and O–H groups in total. The molecule has 0 fully saturated rings. The fourth-order valence-electron chi connectivity index (χ4n) is 0.337. The van der Waals surface area contributed by atoms with Crippen LogP contribution in [0.25, 0.3) is 0 Å². The number of rotatable bonds is 3. The fourth-order valence-corrected chi connectivity index (χ4v) is 0.337. The third-order valence-corrected chi connectivity index (χ3v) is 0.690. The molecular formula is C5H11N3. The maximum absolute atomic E-state index is 5.18. The van der Waals surface area contributed by atoms with Crippen LogP contribution in [-0.2, 0) is 0 Å². The second-order valence-corrected chi connectivity index (χ2v) is 1.38. The highest BCUT2D eigenvalue weighted by Gasteiger charge is 1.82. The van der Waals surface area contributed by atoms with Gasteiger partial charge in [0.2, 0.25) is 0 Å². The number of aliphatic imine (C=N–C) groups is 1. The van der Waals surface area contributed by atoms with E-state index in [2.05, 4.69) is 11.6 Å².